The van der Waals surface area contributed by atoms with Crippen LogP contribution >= 0.6 is 0 Å². The summed E-state index contributed by atoms with van der Waals surface area (Å²) >= 11 is 0. The Balaban J connectivity index is 0.000000177. The maximum Gasteiger partial charge on any atom is 0.275 e. The first-order valence-electron chi connectivity index (χ1n) is 18.8. The molecule has 14 nitrogen and oxygen atoms in total. The van der Waals surface area contributed by atoms with E-state index in [2.05, 4.69) is 20.6 Å². The fourth-order valence-electron chi connectivity index (χ4n) is 7.59. The third-order valence-electron chi connectivity index (χ3n) is 11.5. The number of nitrogens with two attached hydrogens (primary N) is 1. The van der Waals surface area contributed by atoms with Crippen molar-refractivity contribution >= 4 is 34.6 Å². The van der Waals surface area contributed by atoms with Crippen molar-refractivity contribution < 1.29 is 24.0 Å². The zero-order valence-electron chi connectivity index (χ0n) is 33.8. The Morgan fingerprint density at radius 3 is 1.48 bits per heavy atom. The van der Waals surface area contributed by atoms with Crippen LogP contribution in [0.3, 0.4) is 0 Å². The highest BCUT2D eigenvalue weighted by Gasteiger charge is 2.46. The summed E-state index contributed by atoms with van der Waals surface area (Å²) in [7, 11) is 0. The van der Waals surface area contributed by atoms with E-state index in [-0.39, 0.29) is 28.8 Å². The van der Waals surface area contributed by atoms with Gasteiger partial charge in [0.2, 0.25) is 0 Å². The van der Waals surface area contributed by atoms with Gasteiger partial charge in [0, 0.05) is 93.9 Å². The lowest BCUT2D eigenvalue weighted by Crippen LogP contribution is -2.44. The van der Waals surface area contributed by atoms with Crippen LogP contribution in [0.2, 0.25) is 0 Å². The average molecular weight is 783 g/mol. The fourth-order valence-corrected chi connectivity index (χ4v) is 7.59. The van der Waals surface area contributed by atoms with Crippen molar-refractivity contribution in [3.05, 3.63) is 141 Å². The van der Waals surface area contributed by atoms with Gasteiger partial charge in [-0.25, -0.2) is 9.97 Å². The molecule has 0 spiro atoms. The maximum absolute atomic E-state index is 13.1. The number of nitro groups is 1. The van der Waals surface area contributed by atoms with Crippen LogP contribution < -0.4 is 25.8 Å². The lowest BCUT2D eigenvalue weighted by Gasteiger charge is -2.23. The molecule has 0 bridgehead atoms. The number of fused-ring (bicyclic) bond motifs is 2. The van der Waals surface area contributed by atoms with Crippen LogP contribution in [-0.4, -0.2) is 47.0 Å². The van der Waals surface area contributed by atoms with Gasteiger partial charge in [-0.05, 0) is 121 Å². The van der Waals surface area contributed by atoms with Crippen molar-refractivity contribution in [2.24, 2.45) is 0 Å². The first kappa shape index (κ1) is 39.3. The minimum atomic E-state index is -1.15. The first-order valence-corrected chi connectivity index (χ1v) is 18.8. The number of nitrogen functional groups attached to an aromatic ring is 1. The molecule has 0 aliphatic carbocycles. The van der Waals surface area contributed by atoms with Crippen molar-refractivity contribution in [1.82, 2.24) is 19.1 Å². The Labute approximate surface area is 336 Å². The van der Waals surface area contributed by atoms with E-state index in [4.69, 9.17) is 15.2 Å². The molecule has 2 unspecified atom stereocenters. The van der Waals surface area contributed by atoms with Gasteiger partial charge in [0.15, 0.2) is 11.2 Å². The van der Waals surface area contributed by atoms with Crippen molar-refractivity contribution in [3.63, 3.8) is 0 Å². The highest BCUT2D eigenvalue weighted by Crippen LogP contribution is 2.46. The zero-order chi connectivity index (χ0) is 41.7. The van der Waals surface area contributed by atoms with Crippen LogP contribution in [0.1, 0.15) is 58.4 Å². The van der Waals surface area contributed by atoms with Crippen molar-refractivity contribution in [2.45, 2.75) is 79.4 Å². The molecule has 2 aliphatic heterocycles. The maximum atomic E-state index is 13.1. The highest BCUT2D eigenvalue weighted by atomic mass is 16.6. The van der Waals surface area contributed by atoms with Crippen LogP contribution in [0.5, 0.6) is 11.5 Å². The Hall–Kier alpha value is -6.96. The average Bonchev–Trinajstić information content (AvgIpc) is 4.04. The largest absolute Gasteiger partial charge is 0.477 e. The highest BCUT2D eigenvalue weighted by molar-refractivity contribution is 5.99. The molecular formula is C44H46N8O6. The number of hydrogen-bond acceptors (Lipinski definition) is 9. The number of hydrogen-bond donors (Lipinski definition) is 3. The number of nitrogens with one attached hydrogen (secondary N) is 2. The molecule has 0 fully saturated rings. The van der Waals surface area contributed by atoms with E-state index in [1.807, 2.05) is 97.8 Å². The van der Waals surface area contributed by atoms with Crippen LogP contribution in [0, 0.1) is 51.7 Å². The molecule has 4 N–H and O–H groups in total. The fraction of sp³-hybridized carbons (Fsp3) is 0.273. The number of anilines is 3. The number of nitro benzene ring substituents is 1. The quantitative estimate of drug-likeness (QED) is 0.0829. The number of ether oxygens (including phenoxy) is 2. The predicted molar refractivity (Wildman–Crippen MR) is 222 cm³/mol. The standard InChI is InChI=1S/C22H22N4O4.C22H24N4O2/c1-13-14(2)20-18(15(3)19(13)26(28)29)11-22(4,30-20)21(27)24-16-5-7-17(8-6-16)25-10-9-23-12-25;1-13-14(2)20-18(15(3)19(13)23)11-22(4,28-20)21(27)25-16-5-7-17(8-6-16)26-10-9-24-12-26/h5-10,12H,11H2,1-4H3,(H,24,27);5-10,12H,11,23H2,1-4H3,(H,25,27). The zero-order valence-corrected chi connectivity index (χ0v) is 33.8. The molecule has 2 aliphatic rings. The molecule has 0 saturated carbocycles. The van der Waals surface area contributed by atoms with Gasteiger partial charge >= 0.3 is 0 Å². The smallest absolute Gasteiger partial charge is 0.275 e. The van der Waals surface area contributed by atoms with Gasteiger partial charge in [-0.1, -0.05) is 0 Å². The number of imidazole rings is 2. The van der Waals surface area contributed by atoms with Crippen molar-refractivity contribution in [2.75, 3.05) is 16.4 Å². The molecule has 6 aromatic rings. The van der Waals surface area contributed by atoms with E-state index in [9.17, 15) is 19.7 Å². The second-order valence-electron chi connectivity index (χ2n) is 15.3. The minimum Gasteiger partial charge on any atom is -0.477 e. The summed E-state index contributed by atoms with van der Waals surface area (Å²) in [6.45, 7) is 14.7. The Kier molecular flexibility index (Phi) is 10.1. The number of rotatable bonds is 7. The van der Waals surface area contributed by atoms with Crippen LogP contribution in [0.25, 0.3) is 11.4 Å². The van der Waals surface area contributed by atoms with Gasteiger partial charge in [-0.2, -0.15) is 0 Å². The van der Waals surface area contributed by atoms with E-state index < -0.39 is 11.2 Å². The molecule has 298 valence electrons. The molecule has 4 heterocycles. The minimum absolute atomic E-state index is 0.0922. The third kappa shape index (κ3) is 7.01. The number of aromatic nitrogens is 4. The number of amides is 2. The monoisotopic (exact) mass is 782 g/mol. The van der Waals surface area contributed by atoms with E-state index >= 15 is 0 Å². The van der Waals surface area contributed by atoms with E-state index in [0.29, 0.717) is 34.5 Å². The van der Waals surface area contributed by atoms with Gasteiger partial charge in [0.05, 0.1) is 17.6 Å². The van der Waals surface area contributed by atoms with Gasteiger partial charge in [-0.3, -0.25) is 19.7 Å². The van der Waals surface area contributed by atoms with E-state index in [1.54, 1.807) is 52.7 Å². The second kappa shape index (κ2) is 14.8. The topological polar surface area (TPSA) is 181 Å². The molecular weight excluding hydrogens is 737 g/mol. The van der Waals surface area contributed by atoms with Crippen LogP contribution in [-0.2, 0) is 22.4 Å². The number of nitrogens with zero attached hydrogens (tertiary/aromatic N) is 5. The lowest BCUT2D eigenvalue weighted by molar-refractivity contribution is -0.386. The summed E-state index contributed by atoms with van der Waals surface area (Å²) in [6.07, 6.45) is 11.3. The molecule has 0 radical (unpaired) electrons. The summed E-state index contributed by atoms with van der Waals surface area (Å²) in [6, 6.07) is 15.0. The summed E-state index contributed by atoms with van der Waals surface area (Å²) < 4.78 is 16.0. The molecule has 2 amide bonds. The van der Waals surface area contributed by atoms with Crippen molar-refractivity contribution in [3.8, 4) is 22.9 Å². The molecule has 14 heteroatoms. The van der Waals surface area contributed by atoms with E-state index in [0.717, 1.165) is 56.3 Å². The second-order valence-corrected chi connectivity index (χ2v) is 15.3. The molecule has 2 aromatic heterocycles. The summed E-state index contributed by atoms with van der Waals surface area (Å²) in [5.74, 6) is 0.892. The summed E-state index contributed by atoms with van der Waals surface area (Å²) in [5.41, 5.74) is 14.8. The number of benzene rings is 4. The molecule has 4 aromatic carbocycles. The van der Waals surface area contributed by atoms with Crippen LogP contribution in [0.15, 0.2) is 86.0 Å². The molecule has 0 saturated heterocycles. The molecule has 58 heavy (non-hydrogen) atoms. The van der Waals surface area contributed by atoms with Gasteiger partial charge in [-0.15, -0.1) is 0 Å². The predicted octanol–water partition coefficient (Wildman–Crippen LogP) is 7.75. The van der Waals surface area contributed by atoms with Gasteiger partial charge < -0.3 is 35.0 Å². The Morgan fingerprint density at radius 1 is 0.672 bits per heavy atom. The molecule has 8 rings (SSSR count). The SMILES string of the molecule is Cc1c(C)c([N+](=O)[O-])c(C)c2c1OC(C)(C(=O)Nc1ccc(-n3ccnc3)cc1)C2.Cc1c(C)c2c(c(C)c1N)CC(C)(C(=O)Nc1ccc(-n3ccnc3)cc1)O2. The Morgan fingerprint density at radius 2 is 1.09 bits per heavy atom. The Bertz CT molecular complexity index is 2530. The van der Waals surface area contributed by atoms with E-state index in [1.165, 1.54) is 0 Å². The van der Waals surface area contributed by atoms with Crippen molar-refractivity contribution in [1.29, 1.82) is 0 Å². The van der Waals surface area contributed by atoms with Gasteiger partial charge in [0.25, 0.3) is 17.5 Å². The van der Waals surface area contributed by atoms with Gasteiger partial charge in [0.1, 0.15) is 11.5 Å². The number of carbonyl (C=O) groups excluding carboxylic acids is 2. The molecule has 2 atom stereocenters. The summed E-state index contributed by atoms with van der Waals surface area (Å²) in [5, 5.41) is 17.4. The first-order chi connectivity index (χ1) is 27.5. The number of carbonyl (C=O) groups is 2. The summed E-state index contributed by atoms with van der Waals surface area (Å²) in [4.78, 5) is 45.3. The van der Waals surface area contributed by atoms with Crippen LogP contribution in [0.4, 0.5) is 22.7 Å². The lowest BCUT2D eigenvalue weighted by atomic mass is 9.91. The third-order valence-corrected chi connectivity index (χ3v) is 11.5. The normalized spacial score (nSPS) is 17.6.